The van der Waals surface area contributed by atoms with E-state index in [9.17, 15) is 9.59 Å². The predicted molar refractivity (Wildman–Crippen MR) is 101 cm³/mol. The molecule has 3 rings (SSSR count). The number of benzene rings is 2. The molecule has 1 atom stereocenters. The molecule has 5 heteroatoms. The summed E-state index contributed by atoms with van der Waals surface area (Å²) in [6.07, 6.45) is 0.390. The lowest BCUT2D eigenvalue weighted by molar-refractivity contribution is -0.115. The molecule has 0 aromatic heterocycles. The van der Waals surface area contributed by atoms with Crippen molar-refractivity contribution < 1.29 is 14.3 Å². The number of morpholine rings is 1. The highest BCUT2D eigenvalue weighted by molar-refractivity contribution is 5.96. The minimum atomic E-state index is -0.0725. The zero-order chi connectivity index (χ0) is 18.5. The Morgan fingerprint density at radius 2 is 1.96 bits per heavy atom. The number of rotatable bonds is 4. The second kappa shape index (κ2) is 8.15. The van der Waals surface area contributed by atoms with E-state index in [1.165, 1.54) is 0 Å². The van der Waals surface area contributed by atoms with Crippen LogP contribution < -0.4 is 5.32 Å². The molecule has 0 saturated carbocycles. The molecule has 1 N–H and O–H groups in total. The SMILES string of the molecule is Cc1cccc(CC(=O)Nc2ccc(C(=O)N3CCOC(C)C3)cc2)c1. The van der Waals surface area contributed by atoms with Gasteiger partial charge in [0.15, 0.2) is 0 Å². The van der Waals surface area contributed by atoms with Gasteiger partial charge in [0.1, 0.15) is 0 Å². The van der Waals surface area contributed by atoms with Gasteiger partial charge in [0.2, 0.25) is 5.91 Å². The summed E-state index contributed by atoms with van der Waals surface area (Å²) in [5.74, 6) is -0.0746. The van der Waals surface area contributed by atoms with Crippen molar-refractivity contribution >= 4 is 17.5 Å². The third kappa shape index (κ3) is 4.70. The largest absolute Gasteiger partial charge is 0.375 e. The molecule has 1 unspecified atom stereocenters. The Labute approximate surface area is 154 Å². The average Bonchev–Trinajstić information content (AvgIpc) is 2.61. The third-order valence-corrected chi connectivity index (χ3v) is 4.39. The van der Waals surface area contributed by atoms with Crippen LogP contribution in [-0.2, 0) is 16.0 Å². The molecule has 26 heavy (non-hydrogen) atoms. The fourth-order valence-corrected chi connectivity index (χ4v) is 3.09. The number of ether oxygens (including phenoxy) is 1. The van der Waals surface area contributed by atoms with Crippen LogP contribution in [0, 0.1) is 6.92 Å². The molecule has 5 nitrogen and oxygen atoms in total. The van der Waals surface area contributed by atoms with Crippen LogP contribution in [0.15, 0.2) is 48.5 Å². The quantitative estimate of drug-likeness (QED) is 0.920. The molecule has 1 aliphatic rings. The Hall–Kier alpha value is -2.66. The second-order valence-electron chi connectivity index (χ2n) is 6.72. The Kier molecular flexibility index (Phi) is 5.68. The Morgan fingerprint density at radius 1 is 1.19 bits per heavy atom. The van der Waals surface area contributed by atoms with Crippen molar-refractivity contribution in [2.24, 2.45) is 0 Å². The van der Waals surface area contributed by atoms with Crippen LogP contribution in [0.1, 0.15) is 28.4 Å². The van der Waals surface area contributed by atoms with Gasteiger partial charge in [0.25, 0.3) is 5.91 Å². The molecule has 1 saturated heterocycles. The molecule has 136 valence electrons. The minimum absolute atomic E-state index is 0.00205. The highest BCUT2D eigenvalue weighted by Gasteiger charge is 2.22. The van der Waals surface area contributed by atoms with Crippen LogP contribution in [0.5, 0.6) is 0 Å². The summed E-state index contributed by atoms with van der Waals surface area (Å²) in [5, 5.41) is 2.88. The van der Waals surface area contributed by atoms with Crippen LogP contribution in [0.4, 0.5) is 5.69 Å². The molecule has 0 aliphatic carbocycles. The first-order chi connectivity index (χ1) is 12.5. The van der Waals surface area contributed by atoms with E-state index in [0.29, 0.717) is 37.4 Å². The van der Waals surface area contributed by atoms with Crippen LogP contribution >= 0.6 is 0 Å². The van der Waals surface area contributed by atoms with Gasteiger partial charge < -0.3 is 15.0 Å². The molecule has 1 heterocycles. The summed E-state index contributed by atoms with van der Waals surface area (Å²) in [6, 6.07) is 14.9. The highest BCUT2D eigenvalue weighted by Crippen LogP contribution is 2.15. The van der Waals surface area contributed by atoms with E-state index in [4.69, 9.17) is 4.74 Å². The Balaban J connectivity index is 1.58. The number of carbonyl (C=O) groups is 2. The van der Waals surface area contributed by atoms with E-state index in [1.54, 1.807) is 29.2 Å². The van der Waals surface area contributed by atoms with Crippen LogP contribution in [0.2, 0.25) is 0 Å². The third-order valence-electron chi connectivity index (χ3n) is 4.39. The first kappa shape index (κ1) is 18.1. The summed E-state index contributed by atoms with van der Waals surface area (Å²) in [6.45, 7) is 5.75. The number of amides is 2. The van der Waals surface area contributed by atoms with E-state index in [0.717, 1.165) is 11.1 Å². The van der Waals surface area contributed by atoms with Crippen LogP contribution in [0.3, 0.4) is 0 Å². The number of anilines is 1. The Bertz CT molecular complexity index is 786. The highest BCUT2D eigenvalue weighted by atomic mass is 16.5. The standard InChI is InChI=1S/C21H24N2O3/c1-15-4-3-5-17(12-15)13-20(24)22-19-8-6-18(7-9-19)21(25)23-10-11-26-16(2)14-23/h3-9,12,16H,10-11,13-14H2,1-2H3,(H,22,24). The molecular weight excluding hydrogens is 328 g/mol. The number of hydrogen-bond donors (Lipinski definition) is 1. The van der Waals surface area contributed by atoms with Crippen LogP contribution in [0.25, 0.3) is 0 Å². The minimum Gasteiger partial charge on any atom is -0.375 e. The topological polar surface area (TPSA) is 58.6 Å². The number of nitrogens with zero attached hydrogens (tertiary/aromatic N) is 1. The van der Waals surface area contributed by atoms with Gasteiger partial charge in [0, 0.05) is 24.3 Å². The van der Waals surface area contributed by atoms with Gasteiger partial charge in [-0.1, -0.05) is 29.8 Å². The maximum absolute atomic E-state index is 12.5. The smallest absolute Gasteiger partial charge is 0.254 e. The lowest BCUT2D eigenvalue weighted by Crippen LogP contribution is -2.44. The number of aryl methyl sites for hydroxylation is 1. The van der Waals surface area contributed by atoms with Crippen molar-refractivity contribution in [2.45, 2.75) is 26.4 Å². The van der Waals surface area contributed by atoms with E-state index in [1.807, 2.05) is 38.1 Å². The first-order valence-electron chi connectivity index (χ1n) is 8.87. The van der Waals surface area contributed by atoms with Gasteiger partial charge in [-0.05, 0) is 43.7 Å². The van der Waals surface area contributed by atoms with Gasteiger partial charge in [0.05, 0.1) is 19.1 Å². The van der Waals surface area contributed by atoms with Gasteiger partial charge in [-0.25, -0.2) is 0 Å². The lowest BCUT2D eigenvalue weighted by atomic mass is 10.1. The molecule has 2 aromatic carbocycles. The normalized spacial score (nSPS) is 17.0. The fraction of sp³-hybridized carbons (Fsp3) is 0.333. The van der Waals surface area contributed by atoms with E-state index in [-0.39, 0.29) is 17.9 Å². The van der Waals surface area contributed by atoms with E-state index < -0.39 is 0 Å². The number of nitrogens with one attached hydrogen (secondary N) is 1. The molecular formula is C21H24N2O3. The molecule has 0 radical (unpaired) electrons. The average molecular weight is 352 g/mol. The summed E-state index contributed by atoms with van der Waals surface area (Å²) >= 11 is 0. The lowest BCUT2D eigenvalue weighted by Gasteiger charge is -2.31. The molecule has 0 bridgehead atoms. The van der Waals surface area contributed by atoms with Crippen molar-refractivity contribution in [1.82, 2.24) is 4.90 Å². The zero-order valence-electron chi connectivity index (χ0n) is 15.2. The fourth-order valence-electron chi connectivity index (χ4n) is 3.09. The van der Waals surface area contributed by atoms with Gasteiger partial charge in [-0.15, -0.1) is 0 Å². The maximum Gasteiger partial charge on any atom is 0.254 e. The monoisotopic (exact) mass is 352 g/mol. The number of carbonyl (C=O) groups excluding carboxylic acids is 2. The first-order valence-corrected chi connectivity index (χ1v) is 8.87. The van der Waals surface area contributed by atoms with Crippen molar-refractivity contribution in [3.8, 4) is 0 Å². The summed E-state index contributed by atoms with van der Waals surface area (Å²) in [5.41, 5.74) is 3.43. The Morgan fingerprint density at radius 3 is 2.65 bits per heavy atom. The summed E-state index contributed by atoms with van der Waals surface area (Å²) in [4.78, 5) is 26.5. The molecule has 2 amide bonds. The molecule has 2 aromatic rings. The van der Waals surface area contributed by atoms with Crippen molar-refractivity contribution in [2.75, 3.05) is 25.0 Å². The van der Waals surface area contributed by atoms with Crippen molar-refractivity contribution in [3.63, 3.8) is 0 Å². The zero-order valence-corrected chi connectivity index (χ0v) is 15.2. The van der Waals surface area contributed by atoms with Crippen molar-refractivity contribution in [1.29, 1.82) is 0 Å². The molecule has 0 spiro atoms. The summed E-state index contributed by atoms with van der Waals surface area (Å²) < 4.78 is 5.47. The second-order valence-corrected chi connectivity index (χ2v) is 6.72. The predicted octanol–water partition coefficient (Wildman–Crippen LogP) is 3.04. The number of hydrogen-bond acceptors (Lipinski definition) is 3. The van der Waals surface area contributed by atoms with Gasteiger partial charge in [-0.3, -0.25) is 9.59 Å². The van der Waals surface area contributed by atoms with Gasteiger partial charge >= 0.3 is 0 Å². The van der Waals surface area contributed by atoms with Crippen LogP contribution in [-0.4, -0.2) is 42.5 Å². The van der Waals surface area contributed by atoms with E-state index >= 15 is 0 Å². The maximum atomic E-state index is 12.5. The van der Waals surface area contributed by atoms with Crippen molar-refractivity contribution in [3.05, 3.63) is 65.2 Å². The molecule has 1 fully saturated rings. The summed E-state index contributed by atoms with van der Waals surface area (Å²) in [7, 11) is 0. The van der Waals surface area contributed by atoms with Gasteiger partial charge in [-0.2, -0.15) is 0 Å². The molecule has 1 aliphatic heterocycles. The van der Waals surface area contributed by atoms with E-state index in [2.05, 4.69) is 5.32 Å².